The van der Waals surface area contributed by atoms with Gasteiger partial charge in [-0.15, -0.1) is 0 Å². The number of rotatable bonds is 4. The molecule has 1 aliphatic heterocycles. The Labute approximate surface area is 142 Å². The number of nitrogens with one attached hydrogen (secondary N) is 1. The number of ether oxygens (including phenoxy) is 1. The molecule has 1 aromatic heterocycles. The van der Waals surface area contributed by atoms with Crippen LogP contribution in [0, 0.1) is 0 Å². The Kier molecular flexibility index (Phi) is 5.23. The third-order valence-corrected chi connectivity index (χ3v) is 3.95. The maximum absolute atomic E-state index is 12.4. The Bertz CT molecular complexity index is 716. The quantitative estimate of drug-likeness (QED) is 0.879. The largest absolute Gasteiger partial charge is 0.373 e. The minimum Gasteiger partial charge on any atom is -0.373 e. The smallest absolute Gasteiger partial charge is 0.246 e. The van der Waals surface area contributed by atoms with Crippen molar-refractivity contribution in [1.29, 1.82) is 0 Å². The average Bonchev–Trinajstić information content (AvgIpc) is 2.67. The summed E-state index contributed by atoms with van der Waals surface area (Å²) >= 11 is 0. The number of carbonyl (C=O) groups excluding carboxylic acids is 1. The topological polar surface area (TPSA) is 54.5 Å². The maximum atomic E-state index is 12.4. The molecule has 2 aromatic rings. The van der Waals surface area contributed by atoms with Crippen molar-refractivity contribution >= 4 is 17.8 Å². The van der Waals surface area contributed by atoms with Gasteiger partial charge in [0.1, 0.15) is 11.9 Å². The molecule has 5 heteroatoms. The summed E-state index contributed by atoms with van der Waals surface area (Å²) in [6.07, 6.45) is 3.27. The maximum Gasteiger partial charge on any atom is 0.246 e. The van der Waals surface area contributed by atoms with Crippen molar-refractivity contribution in [3.63, 3.8) is 0 Å². The summed E-state index contributed by atoms with van der Waals surface area (Å²) in [5.74, 6) is 0.792. The van der Waals surface area contributed by atoms with Crippen molar-refractivity contribution in [2.24, 2.45) is 0 Å². The number of anilines is 1. The molecule has 0 saturated carbocycles. The van der Waals surface area contributed by atoms with Crippen LogP contribution in [0.2, 0.25) is 0 Å². The van der Waals surface area contributed by atoms with Crippen LogP contribution < -0.4 is 5.32 Å². The molecule has 5 nitrogen and oxygen atoms in total. The average molecular weight is 323 g/mol. The van der Waals surface area contributed by atoms with E-state index in [2.05, 4.69) is 10.3 Å². The summed E-state index contributed by atoms with van der Waals surface area (Å²) in [6.45, 7) is 1.62. The fourth-order valence-electron chi connectivity index (χ4n) is 2.64. The van der Waals surface area contributed by atoms with Gasteiger partial charge in [-0.1, -0.05) is 36.4 Å². The fraction of sp³-hybridized carbons (Fsp3) is 0.263. The van der Waals surface area contributed by atoms with Crippen molar-refractivity contribution in [1.82, 2.24) is 9.88 Å². The van der Waals surface area contributed by atoms with Crippen LogP contribution in [0.4, 0.5) is 5.82 Å². The zero-order valence-corrected chi connectivity index (χ0v) is 13.7. The van der Waals surface area contributed by atoms with Gasteiger partial charge >= 0.3 is 0 Å². The fourth-order valence-corrected chi connectivity index (χ4v) is 2.64. The molecule has 1 atom stereocenters. The molecule has 2 heterocycles. The van der Waals surface area contributed by atoms with Gasteiger partial charge in [0.05, 0.1) is 18.8 Å². The Morgan fingerprint density at radius 1 is 1.25 bits per heavy atom. The van der Waals surface area contributed by atoms with Gasteiger partial charge < -0.3 is 15.0 Å². The van der Waals surface area contributed by atoms with Gasteiger partial charge in [0.15, 0.2) is 0 Å². The highest BCUT2D eigenvalue weighted by atomic mass is 16.5. The summed E-state index contributed by atoms with van der Waals surface area (Å²) in [5, 5.41) is 3.02. The van der Waals surface area contributed by atoms with Crippen molar-refractivity contribution < 1.29 is 9.53 Å². The van der Waals surface area contributed by atoms with E-state index in [0.29, 0.717) is 19.7 Å². The second kappa shape index (κ2) is 7.75. The Morgan fingerprint density at radius 2 is 2.08 bits per heavy atom. The molecule has 24 heavy (non-hydrogen) atoms. The molecule has 1 aliphatic rings. The van der Waals surface area contributed by atoms with Crippen molar-refractivity contribution in [2.45, 2.75) is 6.10 Å². The van der Waals surface area contributed by atoms with E-state index in [-0.39, 0.29) is 12.0 Å². The van der Waals surface area contributed by atoms with Crippen molar-refractivity contribution in [3.8, 4) is 0 Å². The molecular formula is C19H21N3O2. The van der Waals surface area contributed by atoms with Crippen LogP contribution in [-0.4, -0.2) is 42.5 Å². The predicted octanol–water partition coefficient (Wildman–Crippen LogP) is 2.74. The highest BCUT2D eigenvalue weighted by Crippen LogP contribution is 2.22. The van der Waals surface area contributed by atoms with Crippen molar-refractivity contribution in [3.05, 3.63) is 65.9 Å². The number of morpholine rings is 1. The highest BCUT2D eigenvalue weighted by molar-refractivity contribution is 5.91. The van der Waals surface area contributed by atoms with Crippen molar-refractivity contribution in [2.75, 3.05) is 32.1 Å². The third kappa shape index (κ3) is 4.00. The van der Waals surface area contributed by atoms with Crippen LogP contribution in [0.25, 0.3) is 6.08 Å². The summed E-state index contributed by atoms with van der Waals surface area (Å²) in [4.78, 5) is 18.7. The van der Waals surface area contributed by atoms with Crippen LogP contribution in [0.15, 0.2) is 54.6 Å². The van der Waals surface area contributed by atoms with Crippen LogP contribution >= 0.6 is 0 Å². The molecule has 0 unspecified atom stereocenters. The Hall–Kier alpha value is -2.66. The van der Waals surface area contributed by atoms with Crippen LogP contribution in [0.1, 0.15) is 17.4 Å². The SMILES string of the molecule is CNc1cccc([C@H]2CN(C(=O)/C=C/c3ccccc3)CCO2)n1. The van der Waals surface area contributed by atoms with E-state index in [9.17, 15) is 4.79 Å². The number of hydrogen-bond acceptors (Lipinski definition) is 4. The first-order chi connectivity index (χ1) is 11.8. The second-order valence-corrected chi connectivity index (χ2v) is 5.59. The minimum atomic E-state index is -0.193. The van der Waals surface area contributed by atoms with Gasteiger partial charge in [0, 0.05) is 19.7 Å². The standard InChI is InChI=1S/C19H21N3O2/c1-20-18-9-5-8-16(21-18)17-14-22(12-13-24-17)19(23)11-10-15-6-3-2-4-7-15/h2-11,17H,12-14H2,1H3,(H,20,21)/b11-10+/t17-/m1/s1. The monoisotopic (exact) mass is 323 g/mol. The number of aromatic nitrogens is 1. The number of benzene rings is 1. The van der Waals surface area contributed by atoms with E-state index in [4.69, 9.17) is 4.74 Å². The molecule has 1 amide bonds. The van der Waals surface area contributed by atoms with Gasteiger partial charge in [-0.2, -0.15) is 0 Å². The minimum absolute atomic E-state index is 0.00285. The number of nitrogens with zero attached hydrogens (tertiary/aromatic N) is 2. The van der Waals surface area contributed by atoms with E-state index in [0.717, 1.165) is 17.1 Å². The molecule has 0 spiro atoms. The van der Waals surface area contributed by atoms with Gasteiger partial charge in [-0.05, 0) is 23.8 Å². The van der Waals surface area contributed by atoms with Gasteiger partial charge in [0.2, 0.25) is 5.91 Å². The normalized spacial score (nSPS) is 17.9. The summed E-state index contributed by atoms with van der Waals surface area (Å²) in [6, 6.07) is 15.6. The van der Waals surface area contributed by atoms with Crippen LogP contribution in [0.5, 0.6) is 0 Å². The molecule has 1 aromatic carbocycles. The van der Waals surface area contributed by atoms with Gasteiger partial charge in [-0.25, -0.2) is 4.98 Å². The molecule has 0 radical (unpaired) electrons. The van der Waals surface area contributed by atoms with E-state index in [1.165, 1.54) is 0 Å². The lowest BCUT2D eigenvalue weighted by molar-refractivity contribution is -0.133. The number of carbonyl (C=O) groups is 1. The first-order valence-electron chi connectivity index (χ1n) is 8.04. The van der Waals surface area contributed by atoms with Crippen LogP contribution in [0.3, 0.4) is 0 Å². The lowest BCUT2D eigenvalue weighted by Gasteiger charge is -2.32. The number of hydrogen-bond donors (Lipinski definition) is 1. The molecule has 1 N–H and O–H groups in total. The third-order valence-electron chi connectivity index (χ3n) is 3.95. The van der Waals surface area contributed by atoms with E-state index in [1.807, 2.05) is 61.7 Å². The lowest BCUT2D eigenvalue weighted by Crippen LogP contribution is -2.41. The predicted molar refractivity (Wildman–Crippen MR) is 94.5 cm³/mol. The molecular weight excluding hydrogens is 302 g/mol. The van der Waals surface area contributed by atoms with E-state index < -0.39 is 0 Å². The molecule has 1 fully saturated rings. The first kappa shape index (κ1) is 16.2. The summed E-state index contributed by atoms with van der Waals surface area (Å²) in [7, 11) is 1.83. The van der Waals surface area contributed by atoms with E-state index >= 15 is 0 Å². The number of pyridine rings is 1. The molecule has 0 aliphatic carbocycles. The van der Waals surface area contributed by atoms with E-state index in [1.54, 1.807) is 11.0 Å². The van der Waals surface area contributed by atoms with Gasteiger partial charge in [-0.3, -0.25) is 4.79 Å². The number of amides is 1. The van der Waals surface area contributed by atoms with Crippen LogP contribution in [-0.2, 0) is 9.53 Å². The second-order valence-electron chi connectivity index (χ2n) is 5.59. The zero-order chi connectivity index (χ0) is 16.8. The van der Waals surface area contributed by atoms with Gasteiger partial charge in [0.25, 0.3) is 0 Å². The lowest BCUT2D eigenvalue weighted by atomic mass is 10.1. The first-order valence-corrected chi connectivity index (χ1v) is 8.04. The highest BCUT2D eigenvalue weighted by Gasteiger charge is 2.25. The Morgan fingerprint density at radius 3 is 2.88 bits per heavy atom. The molecule has 0 bridgehead atoms. The molecule has 3 rings (SSSR count). The molecule has 1 saturated heterocycles. The summed E-state index contributed by atoms with van der Waals surface area (Å²) < 4.78 is 5.80. The zero-order valence-electron chi connectivity index (χ0n) is 13.7. The Balaban J connectivity index is 1.66. The summed E-state index contributed by atoms with van der Waals surface area (Å²) in [5.41, 5.74) is 1.85. The molecule has 124 valence electrons.